The molecule has 4 rings (SSSR count). The van der Waals surface area contributed by atoms with Crippen LogP contribution in [0.25, 0.3) is 22.1 Å². The Bertz CT molecular complexity index is 1340. The average Bonchev–Trinajstić information content (AvgIpc) is 3.14. The fraction of sp³-hybridized carbons (Fsp3) is 0.350. The van der Waals surface area contributed by atoms with Crippen LogP contribution in [0.5, 0.6) is 0 Å². The van der Waals surface area contributed by atoms with E-state index in [1.54, 1.807) is 25.4 Å². The number of aryl methyl sites for hydroxylation is 1. The fourth-order valence-electron chi connectivity index (χ4n) is 3.86. The van der Waals surface area contributed by atoms with E-state index < -0.39 is 16.1 Å². The number of pyridine rings is 2. The van der Waals surface area contributed by atoms with Crippen LogP contribution >= 0.6 is 0 Å². The van der Waals surface area contributed by atoms with Gasteiger partial charge in [-0.25, -0.2) is 13.2 Å². The number of furan rings is 1. The van der Waals surface area contributed by atoms with Crippen molar-refractivity contribution in [3.05, 3.63) is 46.8 Å². The maximum absolute atomic E-state index is 12.7. The Hall–Kier alpha value is -3.22. The van der Waals surface area contributed by atoms with Gasteiger partial charge in [-0.1, -0.05) is 0 Å². The molecule has 1 aliphatic rings. The first kappa shape index (κ1) is 22.0. The van der Waals surface area contributed by atoms with Crippen molar-refractivity contribution in [2.24, 2.45) is 7.05 Å². The second-order valence-corrected chi connectivity index (χ2v) is 9.69. The van der Waals surface area contributed by atoms with E-state index in [-0.39, 0.29) is 11.2 Å². The van der Waals surface area contributed by atoms with Crippen LogP contribution in [0.15, 0.2) is 39.9 Å². The zero-order valence-corrected chi connectivity index (χ0v) is 18.4. The van der Waals surface area contributed by atoms with Crippen LogP contribution in [0.1, 0.15) is 5.76 Å². The Balaban J connectivity index is 1.69. The van der Waals surface area contributed by atoms with Crippen LogP contribution in [0.3, 0.4) is 0 Å². The summed E-state index contributed by atoms with van der Waals surface area (Å²) in [4.78, 5) is 29.9. The van der Waals surface area contributed by atoms with Crippen molar-refractivity contribution < 1.29 is 22.7 Å². The van der Waals surface area contributed by atoms with E-state index in [4.69, 9.17) is 9.52 Å². The molecular formula is C20H23N5O6S. The number of amides is 1. The van der Waals surface area contributed by atoms with Gasteiger partial charge in [-0.05, 0) is 12.1 Å². The summed E-state index contributed by atoms with van der Waals surface area (Å²) in [7, 11) is -1.60. The first-order valence-electron chi connectivity index (χ1n) is 9.87. The van der Waals surface area contributed by atoms with Crippen molar-refractivity contribution in [3.63, 3.8) is 0 Å². The molecule has 3 aromatic heterocycles. The molecule has 1 amide bonds. The number of aromatic nitrogens is 2. The lowest BCUT2D eigenvalue weighted by atomic mass is 10.1. The van der Waals surface area contributed by atoms with Crippen molar-refractivity contribution in [2.45, 2.75) is 6.54 Å². The van der Waals surface area contributed by atoms with Gasteiger partial charge >= 0.3 is 6.09 Å². The number of rotatable bonds is 5. The Morgan fingerprint density at radius 2 is 1.97 bits per heavy atom. The Morgan fingerprint density at radius 1 is 1.25 bits per heavy atom. The van der Waals surface area contributed by atoms with Gasteiger partial charge in [0.2, 0.25) is 10.0 Å². The smallest absolute Gasteiger partial charge is 0.409 e. The summed E-state index contributed by atoms with van der Waals surface area (Å²) in [6, 6.07) is 3.34. The van der Waals surface area contributed by atoms with E-state index in [0.29, 0.717) is 60.6 Å². The molecule has 0 spiro atoms. The summed E-state index contributed by atoms with van der Waals surface area (Å²) in [6.45, 7) is 2.31. The van der Waals surface area contributed by atoms with Crippen molar-refractivity contribution in [1.82, 2.24) is 18.8 Å². The van der Waals surface area contributed by atoms with E-state index in [2.05, 4.69) is 15.2 Å². The molecule has 4 heterocycles. The van der Waals surface area contributed by atoms with Gasteiger partial charge < -0.3 is 14.1 Å². The number of carboxylic acid groups (broad SMARTS) is 1. The molecular weight excluding hydrogens is 438 g/mol. The zero-order valence-electron chi connectivity index (χ0n) is 17.6. The third-order valence-corrected chi connectivity index (χ3v) is 6.74. The maximum Gasteiger partial charge on any atom is 0.409 e. The monoisotopic (exact) mass is 461 g/mol. The van der Waals surface area contributed by atoms with Gasteiger partial charge in [-0.2, -0.15) is 4.31 Å². The quantitative estimate of drug-likeness (QED) is 0.581. The molecule has 12 heteroatoms. The highest BCUT2D eigenvalue weighted by molar-refractivity contribution is 7.88. The number of fused-ring (bicyclic) bond motifs is 1. The first-order valence-corrected chi connectivity index (χ1v) is 11.7. The van der Waals surface area contributed by atoms with E-state index >= 15 is 0 Å². The lowest BCUT2D eigenvalue weighted by Gasteiger charge is -2.32. The van der Waals surface area contributed by atoms with Crippen LogP contribution in [-0.4, -0.2) is 70.8 Å². The van der Waals surface area contributed by atoms with E-state index in [0.717, 1.165) is 0 Å². The van der Waals surface area contributed by atoms with Crippen molar-refractivity contribution >= 4 is 32.8 Å². The maximum atomic E-state index is 12.7. The van der Waals surface area contributed by atoms with Crippen molar-refractivity contribution in [2.75, 3.05) is 37.8 Å². The van der Waals surface area contributed by atoms with Gasteiger partial charge in [0, 0.05) is 56.7 Å². The van der Waals surface area contributed by atoms with Gasteiger partial charge in [-0.3, -0.25) is 20.0 Å². The minimum absolute atomic E-state index is 0.234. The van der Waals surface area contributed by atoms with Gasteiger partial charge in [-0.15, -0.1) is 0 Å². The molecule has 1 saturated heterocycles. The van der Waals surface area contributed by atoms with Crippen molar-refractivity contribution in [3.8, 4) is 11.1 Å². The SMILES string of the molecule is Cn1cc(-c2ccncc2NC(=O)O)c2oc(CN3CCN(S(C)(=O)=O)CC3)cc2c1=O. The van der Waals surface area contributed by atoms with E-state index in [1.165, 1.54) is 27.5 Å². The molecule has 3 aromatic rings. The predicted molar refractivity (Wildman–Crippen MR) is 118 cm³/mol. The lowest BCUT2D eigenvalue weighted by molar-refractivity contribution is 0.172. The molecule has 1 aliphatic heterocycles. The molecule has 32 heavy (non-hydrogen) atoms. The molecule has 0 atom stereocenters. The largest absolute Gasteiger partial charge is 0.465 e. The number of piperazine rings is 1. The minimum Gasteiger partial charge on any atom is -0.465 e. The lowest BCUT2D eigenvalue weighted by Crippen LogP contribution is -2.47. The summed E-state index contributed by atoms with van der Waals surface area (Å²) >= 11 is 0. The molecule has 0 bridgehead atoms. The summed E-state index contributed by atoms with van der Waals surface area (Å²) in [5.74, 6) is 0.569. The fourth-order valence-corrected chi connectivity index (χ4v) is 4.68. The Kier molecular flexibility index (Phi) is 5.75. The molecule has 0 unspecified atom stereocenters. The average molecular weight is 462 g/mol. The normalized spacial score (nSPS) is 15.8. The van der Waals surface area contributed by atoms with Gasteiger partial charge in [0.15, 0.2) is 0 Å². The molecule has 170 valence electrons. The van der Waals surface area contributed by atoms with Crippen LogP contribution in [0.4, 0.5) is 10.5 Å². The number of sulfonamides is 1. The minimum atomic E-state index is -3.22. The highest BCUT2D eigenvalue weighted by atomic mass is 32.2. The highest BCUT2D eigenvalue weighted by Crippen LogP contribution is 2.33. The van der Waals surface area contributed by atoms with Gasteiger partial charge in [0.25, 0.3) is 5.56 Å². The molecule has 1 fully saturated rings. The molecule has 11 nitrogen and oxygen atoms in total. The topological polar surface area (TPSA) is 138 Å². The number of carbonyl (C=O) groups is 1. The van der Waals surface area contributed by atoms with Gasteiger partial charge in [0.1, 0.15) is 11.3 Å². The summed E-state index contributed by atoms with van der Waals surface area (Å²) in [5, 5.41) is 11.8. The van der Waals surface area contributed by atoms with Gasteiger partial charge in [0.05, 0.1) is 30.1 Å². The van der Waals surface area contributed by atoms with Crippen LogP contribution in [0.2, 0.25) is 0 Å². The summed E-state index contributed by atoms with van der Waals surface area (Å²) in [5.41, 5.74) is 1.49. The number of anilines is 1. The van der Waals surface area contributed by atoms with Crippen LogP contribution < -0.4 is 10.9 Å². The second-order valence-electron chi connectivity index (χ2n) is 7.70. The Labute approximate surface area is 183 Å². The zero-order chi connectivity index (χ0) is 23.0. The second kappa shape index (κ2) is 8.37. The molecule has 0 aromatic carbocycles. The van der Waals surface area contributed by atoms with E-state index in [1.807, 2.05) is 0 Å². The number of nitrogens with one attached hydrogen (secondary N) is 1. The number of nitrogens with zero attached hydrogens (tertiary/aromatic N) is 4. The van der Waals surface area contributed by atoms with Crippen LogP contribution in [-0.2, 0) is 23.6 Å². The molecule has 2 N–H and O–H groups in total. The van der Waals surface area contributed by atoms with Crippen LogP contribution in [0, 0.1) is 0 Å². The van der Waals surface area contributed by atoms with Crippen molar-refractivity contribution in [1.29, 1.82) is 0 Å². The Morgan fingerprint density at radius 3 is 2.62 bits per heavy atom. The third-order valence-electron chi connectivity index (χ3n) is 5.43. The predicted octanol–water partition coefficient (Wildman–Crippen LogP) is 1.36. The first-order chi connectivity index (χ1) is 15.1. The molecule has 0 radical (unpaired) electrons. The highest BCUT2D eigenvalue weighted by Gasteiger charge is 2.25. The summed E-state index contributed by atoms with van der Waals surface area (Å²) < 4.78 is 32.3. The van der Waals surface area contributed by atoms with E-state index in [9.17, 15) is 18.0 Å². The summed E-state index contributed by atoms with van der Waals surface area (Å²) in [6.07, 6.45) is 4.50. The number of hydrogen-bond acceptors (Lipinski definition) is 7. The number of hydrogen-bond donors (Lipinski definition) is 2. The standard InChI is InChI=1S/C20H23N5O6S/c1-23-12-16(14-3-4-21-10-17(14)22-20(27)28)18-15(19(23)26)9-13(31-18)11-24-5-7-25(8-6-24)32(2,29)30/h3-4,9-10,12,22H,5-8,11H2,1-2H3,(H,27,28). The third kappa shape index (κ3) is 4.38. The molecule has 0 saturated carbocycles. The molecule has 0 aliphatic carbocycles.